The molecule has 0 spiro atoms. The van der Waals surface area contributed by atoms with Gasteiger partial charge >= 0.3 is 20.2 Å². The summed E-state index contributed by atoms with van der Waals surface area (Å²) in [5, 5.41) is 0. The first kappa shape index (κ1) is 22.4. The minimum atomic E-state index is -3.63. The Morgan fingerprint density at radius 1 is 0.862 bits per heavy atom. The van der Waals surface area contributed by atoms with Gasteiger partial charge in [0.15, 0.2) is 5.78 Å². The molecule has 2 rings (SSSR count). The summed E-state index contributed by atoms with van der Waals surface area (Å²) in [6.07, 6.45) is 6.64. The zero-order chi connectivity index (χ0) is 21.5. The van der Waals surface area contributed by atoms with Gasteiger partial charge in [-0.2, -0.15) is 16.8 Å². The molecule has 0 radical (unpaired) electrons. The van der Waals surface area contributed by atoms with Crippen molar-refractivity contribution in [1.29, 1.82) is 0 Å². The molecule has 0 aromatic heterocycles. The van der Waals surface area contributed by atoms with Gasteiger partial charge in [0.25, 0.3) is 0 Å². The number of allylic oxidation sites excluding steroid dienone is 2. The van der Waals surface area contributed by atoms with E-state index < -0.39 is 20.2 Å². The Balaban J connectivity index is 2.06. The predicted molar refractivity (Wildman–Crippen MR) is 112 cm³/mol. The number of ketones is 1. The van der Waals surface area contributed by atoms with E-state index in [0.29, 0.717) is 11.1 Å². The van der Waals surface area contributed by atoms with E-state index in [1.165, 1.54) is 55.5 Å². The first-order valence-corrected chi connectivity index (χ1v) is 11.9. The van der Waals surface area contributed by atoms with Crippen LogP contribution in [0.1, 0.15) is 18.1 Å². The first-order chi connectivity index (χ1) is 13.6. The van der Waals surface area contributed by atoms with Crippen LogP contribution in [0.3, 0.4) is 0 Å². The standard InChI is InChI=1S/C20H20O7S2/c1-3-29(24,25)27-20-9-5-7-17(15-20)11-13-18(21)12-10-16-6-4-8-19(14-16)26-28(2,22)23/h4-15H,3H2,1-2H3/b12-10+,13-11+. The highest BCUT2D eigenvalue weighted by atomic mass is 32.2. The summed E-state index contributed by atoms with van der Waals surface area (Å²) in [6, 6.07) is 12.6. The Morgan fingerprint density at radius 3 is 1.79 bits per heavy atom. The molecule has 0 unspecified atom stereocenters. The Labute approximate surface area is 170 Å². The average molecular weight is 437 g/mol. The maximum Gasteiger partial charge on any atom is 0.308 e. The van der Waals surface area contributed by atoms with Crippen LogP contribution in [0, 0.1) is 0 Å². The van der Waals surface area contributed by atoms with Crippen molar-refractivity contribution < 1.29 is 30.0 Å². The minimum Gasteiger partial charge on any atom is -0.383 e. The third-order valence-corrected chi connectivity index (χ3v) is 5.07. The highest BCUT2D eigenvalue weighted by molar-refractivity contribution is 7.87. The molecule has 0 atom stereocenters. The fourth-order valence-electron chi connectivity index (χ4n) is 2.13. The van der Waals surface area contributed by atoms with E-state index in [9.17, 15) is 21.6 Å². The zero-order valence-electron chi connectivity index (χ0n) is 15.8. The van der Waals surface area contributed by atoms with E-state index in [1.807, 2.05) is 0 Å². The van der Waals surface area contributed by atoms with E-state index in [1.54, 1.807) is 24.3 Å². The molecule has 2 aromatic carbocycles. The van der Waals surface area contributed by atoms with Crippen molar-refractivity contribution >= 4 is 38.2 Å². The van der Waals surface area contributed by atoms with Gasteiger partial charge in [0.2, 0.25) is 0 Å². The van der Waals surface area contributed by atoms with Crippen LogP contribution in [0.25, 0.3) is 12.2 Å². The van der Waals surface area contributed by atoms with Crippen LogP contribution in [-0.2, 0) is 25.0 Å². The molecule has 0 heterocycles. The second-order valence-electron chi connectivity index (χ2n) is 5.93. The molecule has 0 amide bonds. The highest BCUT2D eigenvalue weighted by Gasteiger charge is 2.09. The second-order valence-corrected chi connectivity index (χ2v) is 9.37. The molecule has 0 fully saturated rings. The van der Waals surface area contributed by atoms with Crippen molar-refractivity contribution in [3.05, 3.63) is 71.8 Å². The van der Waals surface area contributed by atoms with Crippen molar-refractivity contribution in [1.82, 2.24) is 0 Å². The van der Waals surface area contributed by atoms with Crippen LogP contribution >= 0.6 is 0 Å². The van der Waals surface area contributed by atoms with E-state index >= 15 is 0 Å². The first-order valence-electron chi connectivity index (χ1n) is 8.48. The fourth-order valence-corrected chi connectivity index (χ4v) is 3.10. The average Bonchev–Trinajstić information content (AvgIpc) is 2.63. The second kappa shape index (κ2) is 9.53. The lowest BCUT2D eigenvalue weighted by atomic mass is 10.1. The topological polar surface area (TPSA) is 104 Å². The van der Waals surface area contributed by atoms with Crippen molar-refractivity contribution in [3.8, 4) is 11.5 Å². The minimum absolute atomic E-state index is 0.146. The molecule has 0 aliphatic heterocycles. The molecular weight excluding hydrogens is 416 g/mol. The van der Waals surface area contributed by atoms with E-state index in [0.717, 1.165) is 6.26 Å². The van der Waals surface area contributed by atoms with Crippen molar-refractivity contribution in [2.45, 2.75) is 6.92 Å². The Hall–Kier alpha value is -2.91. The Morgan fingerprint density at radius 2 is 1.34 bits per heavy atom. The van der Waals surface area contributed by atoms with Gasteiger partial charge in [0.1, 0.15) is 11.5 Å². The summed E-state index contributed by atoms with van der Waals surface area (Å²) in [5.41, 5.74) is 1.19. The molecule has 0 bridgehead atoms. The van der Waals surface area contributed by atoms with Crippen molar-refractivity contribution in [2.24, 2.45) is 0 Å². The van der Waals surface area contributed by atoms with Crippen molar-refractivity contribution in [2.75, 3.05) is 12.0 Å². The zero-order valence-corrected chi connectivity index (χ0v) is 17.4. The lowest BCUT2D eigenvalue weighted by molar-refractivity contribution is -0.110. The SMILES string of the molecule is CCS(=O)(=O)Oc1cccc(/C=C/C(=O)/C=C/c2cccc(OS(C)(=O)=O)c2)c1. The molecule has 29 heavy (non-hydrogen) atoms. The number of carbonyl (C=O) groups excluding carboxylic acids is 1. The molecule has 2 aromatic rings. The summed E-state index contributed by atoms with van der Waals surface area (Å²) in [5.74, 6) is -0.143. The maximum atomic E-state index is 12.0. The highest BCUT2D eigenvalue weighted by Crippen LogP contribution is 2.18. The van der Waals surface area contributed by atoms with Gasteiger partial charge in [-0.25, -0.2) is 0 Å². The number of rotatable bonds is 9. The van der Waals surface area contributed by atoms with Gasteiger partial charge in [0, 0.05) is 0 Å². The molecule has 154 valence electrons. The Kier molecular flexibility index (Phi) is 7.35. The Bertz CT molecular complexity index is 1140. The number of benzene rings is 2. The summed E-state index contributed by atoms with van der Waals surface area (Å²) >= 11 is 0. The van der Waals surface area contributed by atoms with Gasteiger partial charge in [-0.3, -0.25) is 4.79 Å². The van der Waals surface area contributed by atoms with Gasteiger partial charge in [-0.1, -0.05) is 36.4 Å². The molecule has 0 N–H and O–H groups in total. The molecule has 0 aliphatic rings. The third kappa shape index (κ3) is 8.32. The normalized spacial score (nSPS) is 12.3. The third-order valence-electron chi connectivity index (χ3n) is 3.42. The smallest absolute Gasteiger partial charge is 0.308 e. The largest absolute Gasteiger partial charge is 0.383 e. The van der Waals surface area contributed by atoms with Gasteiger partial charge in [0.05, 0.1) is 12.0 Å². The number of hydrogen-bond donors (Lipinski definition) is 0. The van der Waals surface area contributed by atoms with Gasteiger partial charge < -0.3 is 8.37 Å². The lowest BCUT2D eigenvalue weighted by Crippen LogP contribution is -2.11. The quantitative estimate of drug-likeness (QED) is 0.439. The van der Waals surface area contributed by atoms with E-state index in [2.05, 4.69) is 0 Å². The molecule has 7 nitrogen and oxygen atoms in total. The predicted octanol–water partition coefficient (Wildman–Crippen LogP) is 3.05. The summed E-state index contributed by atoms with van der Waals surface area (Å²) < 4.78 is 55.1. The number of hydrogen-bond acceptors (Lipinski definition) is 7. The van der Waals surface area contributed by atoms with Crippen LogP contribution in [-0.4, -0.2) is 34.6 Å². The molecule has 0 aliphatic carbocycles. The van der Waals surface area contributed by atoms with Crippen LogP contribution in [0.4, 0.5) is 0 Å². The fraction of sp³-hybridized carbons (Fsp3) is 0.150. The summed E-state index contributed by atoms with van der Waals surface area (Å²) in [7, 11) is -7.26. The van der Waals surface area contributed by atoms with Crippen LogP contribution in [0.15, 0.2) is 60.7 Å². The maximum absolute atomic E-state index is 12.0. The number of carbonyl (C=O) groups is 1. The van der Waals surface area contributed by atoms with Crippen LogP contribution < -0.4 is 8.37 Å². The molecule has 0 saturated carbocycles. The monoisotopic (exact) mass is 436 g/mol. The lowest BCUT2D eigenvalue weighted by Gasteiger charge is -2.05. The summed E-state index contributed by atoms with van der Waals surface area (Å²) in [6.45, 7) is 1.48. The molecular formula is C20H20O7S2. The van der Waals surface area contributed by atoms with Crippen molar-refractivity contribution in [3.63, 3.8) is 0 Å². The van der Waals surface area contributed by atoms with E-state index in [-0.39, 0.29) is 23.0 Å². The van der Waals surface area contributed by atoms with Crippen LogP contribution in [0.5, 0.6) is 11.5 Å². The van der Waals surface area contributed by atoms with Crippen LogP contribution in [0.2, 0.25) is 0 Å². The van der Waals surface area contributed by atoms with Gasteiger partial charge in [-0.05, 0) is 54.5 Å². The molecule has 0 saturated heterocycles. The summed E-state index contributed by atoms with van der Waals surface area (Å²) in [4.78, 5) is 12.0. The van der Waals surface area contributed by atoms with E-state index in [4.69, 9.17) is 8.37 Å². The molecule has 9 heteroatoms. The van der Waals surface area contributed by atoms with Gasteiger partial charge in [-0.15, -0.1) is 0 Å².